The van der Waals surface area contributed by atoms with Gasteiger partial charge in [0, 0.05) is 11.9 Å². The molecule has 0 radical (unpaired) electrons. The molecule has 0 atom stereocenters. The molecule has 1 aromatic carbocycles. The highest BCUT2D eigenvalue weighted by molar-refractivity contribution is 6.05. The Labute approximate surface area is 158 Å². The van der Waals surface area contributed by atoms with Crippen LogP contribution in [-0.4, -0.2) is 27.9 Å². The molecule has 3 aromatic rings. The number of aryl methyl sites for hydroxylation is 1. The van der Waals surface area contributed by atoms with Crippen molar-refractivity contribution < 1.29 is 14.3 Å². The Hall–Kier alpha value is -3.15. The van der Waals surface area contributed by atoms with Crippen LogP contribution in [-0.2, 0) is 11.2 Å². The Morgan fingerprint density at radius 2 is 1.96 bits per heavy atom. The highest BCUT2D eigenvalue weighted by Gasteiger charge is 2.19. The Balaban J connectivity index is 1.87. The van der Waals surface area contributed by atoms with Gasteiger partial charge in [-0.05, 0) is 43.2 Å². The van der Waals surface area contributed by atoms with Crippen molar-refractivity contribution in [3.63, 3.8) is 0 Å². The summed E-state index contributed by atoms with van der Waals surface area (Å²) in [4.78, 5) is 29.6. The van der Waals surface area contributed by atoms with Crippen LogP contribution in [0.15, 0.2) is 48.7 Å². The number of carbonyl (C=O) groups excluding carboxylic acids is 2. The van der Waals surface area contributed by atoms with E-state index >= 15 is 0 Å². The number of ether oxygens (including phenoxy) is 1. The maximum absolute atomic E-state index is 12.9. The zero-order valence-electron chi connectivity index (χ0n) is 15.6. The number of anilines is 1. The summed E-state index contributed by atoms with van der Waals surface area (Å²) in [5.74, 6) is -0.648. The Kier molecular flexibility index (Phi) is 5.86. The van der Waals surface area contributed by atoms with E-state index < -0.39 is 5.97 Å². The summed E-state index contributed by atoms with van der Waals surface area (Å²) < 4.78 is 6.94. The molecule has 1 N–H and O–H groups in total. The quantitative estimate of drug-likeness (QED) is 0.640. The molecule has 0 unspecified atom stereocenters. The predicted octanol–water partition coefficient (Wildman–Crippen LogP) is 4.11. The lowest BCUT2D eigenvalue weighted by Gasteiger charge is -2.09. The molecule has 3 rings (SSSR count). The lowest BCUT2D eigenvalue weighted by Crippen LogP contribution is -2.17. The smallest absolute Gasteiger partial charge is 0.338 e. The summed E-state index contributed by atoms with van der Waals surface area (Å²) in [6.07, 6.45) is 4.20. The zero-order chi connectivity index (χ0) is 19.2. The number of aromatic nitrogens is 2. The van der Waals surface area contributed by atoms with Gasteiger partial charge in [-0.25, -0.2) is 9.78 Å². The first kappa shape index (κ1) is 18.6. The minimum Gasteiger partial charge on any atom is -0.462 e. The van der Waals surface area contributed by atoms with Gasteiger partial charge >= 0.3 is 5.97 Å². The molecule has 6 nitrogen and oxygen atoms in total. The number of pyridine rings is 1. The number of amides is 1. The molecule has 0 fully saturated rings. The number of esters is 1. The van der Waals surface area contributed by atoms with Crippen LogP contribution in [0.4, 0.5) is 5.69 Å². The van der Waals surface area contributed by atoms with Crippen molar-refractivity contribution in [1.29, 1.82) is 0 Å². The minimum absolute atomic E-state index is 0.253. The number of nitrogens with one attached hydrogen (secondary N) is 1. The van der Waals surface area contributed by atoms with Crippen LogP contribution in [0.1, 0.15) is 53.2 Å². The average molecular weight is 365 g/mol. The molecule has 140 valence electrons. The summed E-state index contributed by atoms with van der Waals surface area (Å²) in [6, 6.07) is 12.4. The standard InChI is InChI=1S/C21H23N3O3/c1-3-8-17-19(24-12-6-5-11-18(24)23-17)20(25)22-16-10-7-9-15(14-16)21(26)27-13-4-2/h5-7,9-12,14H,3-4,8,13H2,1-2H3,(H,22,25). The van der Waals surface area contributed by atoms with Gasteiger partial charge in [-0.3, -0.25) is 9.20 Å². The molecule has 0 aliphatic carbocycles. The number of fused-ring (bicyclic) bond motifs is 1. The van der Waals surface area contributed by atoms with Gasteiger partial charge in [0.2, 0.25) is 0 Å². The molecule has 0 saturated heterocycles. The first-order valence-electron chi connectivity index (χ1n) is 9.18. The number of carbonyl (C=O) groups is 2. The van der Waals surface area contributed by atoms with Crippen LogP contribution in [0.3, 0.4) is 0 Å². The molecule has 0 aliphatic rings. The molecule has 2 heterocycles. The van der Waals surface area contributed by atoms with Crippen LogP contribution >= 0.6 is 0 Å². The third-order valence-electron chi connectivity index (χ3n) is 4.10. The molecule has 2 aromatic heterocycles. The molecule has 0 saturated carbocycles. The van der Waals surface area contributed by atoms with E-state index in [-0.39, 0.29) is 5.91 Å². The van der Waals surface area contributed by atoms with E-state index in [4.69, 9.17) is 4.74 Å². The van der Waals surface area contributed by atoms with Crippen molar-refractivity contribution in [3.05, 3.63) is 65.6 Å². The fourth-order valence-electron chi connectivity index (χ4n) is 2.89. The fourth-order valence-corrected chi connectivity index (χ4v) is 2.89. The third-order valence-corrected chi connectivity index (χ3v) is 4.10. The summed E-state index contributed by atoms with van der Waals surface area (Å²) in [5, 5.41) is 2.88. The first-order valence-corrected chi connectivity index (χ1v) is 9.18. The maximum Gasteiger partial charge on any atom is 0.338 e. The normalized spacial score (nSPS) is 10.7. The summed E-state index contributed by atoms with van der Waals surface area (Å²) in [6.45, 7) is 4.36. The van der Waals surface area contributed by atoms with E-state index in [0.717, 1.165) is 24.2 Å². The van der Waals surface area contributed by atoms with Gasteiger partial charge in [-0.2, -0.15) is 0 Å². The first-order chi connectivity index (χ1) is 13.1. The largest absolute Gasteiger partial charge is 0.462 e. The van der Waals surface area contributed by atoms with Crippen LogP contribution in [0, 0.1) is 0 Å². The van der Waals surface area contributed by atoms with E-state index in [9.17, 15) is 9.59 Å². The Morgan fingerprint density at radius 1 is 1.11 bits per heavy atom. The molecular formula is C21H23N3O3. The van der Waals surface area contributed by atoms with Gasteiger partial charge in [-0.15, -0.1) is 0 Å². The average Bonchev–Trinajstić information content (AvgIpc) is 3.04. The van der Waals surface area contributed by atoms with Crippen LogP contribution in [0.25, 0.3) is 5.65 Å². The lowest BCUT2D eigenvalue weighted by atomic mass is 10.1. The van der Waals surface area contributed by atoms with Crippen LogP contribution in [0.2, 0.25) is 0 Å². The topological polar surface area (TPSA) is 72.7 Å². The number of nitrogens with zero attached hydrogens (tertiary/aromatic N) is 2. The van der Waals surface area contributed by atoms with E-state index in [1.54, 1.807) is 28.7 Å². The lowest BCUT2D eigenvalue weighted by molar-refractivity contribution is 0.0505. The maximum atomic E-state index is 12.9. The Bertz CT molecular complexity index is 962. The van der Waals surface area contributed by atoms with Gasteiger partial charge in [0.05, 0.1) is 17.9 Å². The number of rotatable bonds is 7. The van der Waals surface area contributed by atoms with Gasteiger partial charge < -0.3 is 10.1 Å². The highest BCUT2D eigenvalue weighted by atomic mass is 16.5. The predicted molar refractivity (Wildman–Crippen MR) is 104 cm³/mol. The van der Waals surface area contributed by atoms with E-state index in [1.165, 1.54) is 0 Å². The molecule has 1 amide bonds. The number of benzene rings is 1. The van der Waals surface area contributed by atoms with Crippen LogP contribution < -0.4 is 5.32 Å². The second-order valence-corrected chi connectivity index (χ2v) is 6.26. The van der Waals surface area contributed by atoms with Gasteiger partial charge in [-0.1, -0.05) is 32.4 Å². The van der Waals surface area contributed by atoms with E-state index in [1.807, 2.05) is 31.3 Å². The third kappa shape index (κ3) is 4.16. The molecule has 0 aliphatic heterocycles. The van der Waals surface area contributed by atoms with Crippen molar-refractivity contribution in [3.8, 4) is 0 Å². The molecule has 27 heavy (non-hydrogen) atoms. The summed E-state index contributed by atoms with van der Waals surface area (Å²) in [7, 11) is 0. The van der Waals surface area contributed by atoms with Gasteiger partial charge in [0.1, 0.15) is 11.3 Å². The summed E-state index contributed by atoms with van der Waals surface area (Å²) >= 11 is 0. The van der Waals surface area contributed by atoms with E-state index in [0.29, 0.717) is 30.0 Å². The number of hydrogen-bond acceptors (Lipinski definition) is 4. The molecule has 6 heteroatoms. The fraction of sp³-hybridized carbons (Fsp3) is 0.286. The zero-order valence-corrected chi connectivity index (χ0v) is 15.6. The molecular weight excluding hydrogens is 342 g/mol. The monoisotopic (exact) mass is 365 g/mol. The molecule has 0 spiro atoms. The van der Waals surface area contributed by atoms with E-state index in [2.05, 4.69) is 17.2 Å². The second kappa shape index (κ2) is 8.49. The summed E-state index contributed by atoms with van der Waals surface area (Å²) in [5.41, 5.74) is 2.97. The minimum atomic E-state index is -0.394. The highest BCUT2D eigenvalue weighted by Crippen LogP contribution is 2.18. The Morgan fingerprint density at radius 3 is 2.74 bits per heavy atom. The SMILES string of the molecule is CCCOC(=O)c1cccc(NC(=O)c2c(CCC)nc3ccccn23)c1. The van der Waals surface area contributed by atoms with Crippen molar-refractivity contribution in [1.82, 2.24) is 9.38 Å². The van der Waals surface area contributed by atoms with Crippen molar-refractivity contribution >= 4 is 23.2 Å². The second-order valence-electron chi connectivity index (χ2n) is 6.26. The number of imidazole rings is 1. The van der Waals surface area contributed by atoms with Crippen molar-refractivity contribution in [2.45, 2.75) is 33.1 Å². The van der Waals surface area contributed by atoms with Crippen LogP contribution in [0.5, 0.6) is 0 Å². The van der Waals surface area contributed by atoms with Gasteiger partial charge in [0.25, 0.3) is 5.91 Å². The van der Waals surface area contributed by atoms with Crippen molar-refractivity contribution in [2.24, 2.45) is 0 Å². The van der Waals surface area contributed by atoms with Crippen molar-refractivity contribution in [2.75, 3.05) is 11.9 Å². The van der Waals surface area contributed by atoms with Gasteiger partial charge in [0.15, 0.2) is 0 Å². The molecule has 0 bridgehead atoms. The number of hydrogen-bond donors (Lipinski definition) is 1.